The molecule has 0 aliphatic carbocycles. The summed E-state index contributed by atoms with van der Waals surface area (Å²) in [5.41, 5.74) is 0. The fourth-order valence-corrected chi connectivity index (χ4v) is 1.56. The Morgan fingerprint density at radius 2 is 0.789 bits per heavy atom. The van der Waals surface area contributed by atoms with E-state index in [2.05, 4.69) is 27.7 Å². The van der Waals surface area contributed by atoms with Gasteiger partial charge in [-0.2, -0.15) is 12.8 Å². The third kappa shape index (κ3) is 45.5. The Hall–Kier alpha value is 0.790. The van der Waals surface area contributed by atoms with Crippen LogP contribution in [0.2, 0.25) is 0 Å². The SMILES string of the molecule is [CH2-]CCCCCCC.[CH2-]CCCCCCC.[Hf+4].[OH-].[OH-]. The fourth-order valence-electron chi connectivity index (χ4n) is 1.56. The molecule has 0 fully saturated rings. The molecule has 0 heterocycles. The van der Waals surface area contributed by atoms with Gasteiger partial charge in [0, 0.05) is 0 Å². The molecule has 0 aliphatic rings. The van der Waals surface area contributed by atoms with Crippen LogP contribution in [0.15, 0.2) is 0 Å². The predicted molar refractivity (Wildman–Crippen MR) is 81.3 cm³/mol. The van der Waals surface area contributed by atoms with Gasteiger partial charge in [-0.05, 0) is 0 Å². The van der Waals surface area contributed by atoms with E-state index >= 15 is 0 Å². The second kappa shape index (κ2) is 36.4. The van der Waals surface area contributed by atoms with E-state index in [0.717, 1.165) is 12.8 Å². The van der Waals surface area contributed by atoms with Crippen molar-refractivity contribution in [3.63, 3.8) is 0 Å². The van der Waals surface area contributed by atoms with E-state index < -0.39 is 0 Å². The third-order valence-corrected chi connectivity index (χ3v) is 2.71. The summed E-state index contributed by atoms with van der Waals surface area (Å²) in [5.74, 6) is 0. The average molecular weight is 439 g/mol. The van der Waals surface area contributed by atoms with Crippen LogP contribution < -0.4 is 0 Å². The molecule has 0 rings (SSSR count). The molecule has 0 aromatic heterocycles. The van der Waals surface area contributed by atoms with Gasteiger partial charge in [0.25, 0.3) is 0 Å². The molecule has 0 aliphatic heterocycles. The van der Waals surface area contributed by atoms with Crippen molar-refractivity contribution >= 4 is 0 Å². The van der Waals surface area contributed by atoms with Crippen molar-refractivity contribution in [1.82, 2.24) is 0 Å². The first-order chi connectivity index (χ1) is 7.83. The first-order valence-electron chi connectivity index (χ1n) is 7.41. The van der Waals surface area contributed by atoms with Gasteiger partial charge in [0.2, 0.25) is 0 Å². The van der Waals surface area contributed by atoms with Gasteiger partial charge in [0.1, 0.15) is 0 Å². The standard InChI is InChI=1S/2C8H17.Hf.2H2O/c2*1-3-5-7-8-6-4-2;;;/h2*1,3-8H2,2H3;;2*1H2/q2*-1;+4;;/p-2. The Morgan fingerprint density at radius 1 is 0.526 bits per heavy atom. The molecule has 0 saturated heterocycles. The molecule has 0 saturated carbocycles. The van der Waals surface area contributed by atoms with E-state index in [0.29, 0.717) is 0 Å². The summed E-state index contributed by atoms with van der Waals surface area (Å²) in [6.07, 6.45) is 16.0. The van der Waals surface area contributed by atoms with Crippen molar-refractivity contribution in [3.8, 4) is 0 Å². The first kappa shape index (κ1) is 31.9. The smallest absolute Gasteiger partial charge is 0.870 e. The fraction of sp³-hybridized carbons (Fsp3) is 0.875. The largest absolute Gasteiger partial charge is 4.00 e. The maximum atomic E-state index is 3.78. The zero-order chi connectivity index (χ0) is 12.5. The number of hydrogen-bond acceptors (Lipinski definition) is 2. The summed E-state index contributed by atoms with van der Waals surface area (Å²) in [6, 6.07) is 0. The molecule has 2 N–H and O–H groups in total. The van der Waals surface area contributed by atoms with Gasteiger partial charge < -0.3 is 24.8 Å². The van der Waals surface area contributed by atoms with Crippen LogP contribution in [0.25, 0.3) is 0 Å². The van der Waals surface area contributed by atoms with Gasteiger partial charge in [-0.3, -0.25) is 0 Å². The monoisotopic (exact) mass is 440 g/mol. The van der Waals surface area contributed by atoms with E-state index in [1.807, 2.05) is 0 Å². The molecule has 0 unspecified atom stereocenters. The molecule has 0 radical (unpaired) electrons. The number of hydrogen-bond donors (Lipinski definition) is 0. The van der Waals surface area contributed by atoms with Crippen LogP contribution in [0.1, 0.15) is 90.9 Å². The molecule has 0 amide bonds. The third-order valence-electron chi connectivity index (χ3n) is 2.71. The minimum atomic E-state index is 0. The van der Waals surface area contributed by atoms with E-state index in [9.17, 15) is 0 Å². The van der Waals surface area contributed by atoms with Crippen LogP contribution in [0, 0.1) is 13.8 Å². The second-order valence-corrected chi connectivity index (χ2v) is 4.54. The molecule has 0 bridgehead atoms. The first-order valence-corrected chi connectivity index (χ1v) is 7.41. The molecule has 116 valence electrons. The Kier molecular flexibility index (Phi) is 61.1. The van der Waals surface area contributed by atoms with Gasteiger partial charge in [0.15, 0.2) is 0 Å². The number of rotatable bonds is 10. The summed E-state index contributed by atoms with van der Waals surface area (Å²) in [7, 11) is 0. The van der Waals surface area contributed by atoms with Crippen molar-refractivity contribution in [2.45, 2.75) is 90.9 Å². The Labute approximate surface area is 141 Å². The maximum Gasteiger partial charge on any atom is 4.00 e. The minimum Gasteiger partial charge on any atom is -0.870 e. The number of unbranched alkanes of at least 4 members (excludes halogenated alkanes) is 10. The Morgan fingerprint density at radius 3 is 1.00 bits per heavy atom. The maximum absolute atomic E-state index is 3.78. The quantitative estimate of drug-likeness (QED) is 0.238. The average Bonchev–Trinajstić information content (AvgIpc) is 2.31. The van der Waals surface area contributed by atoms with Crippen molar-refractivity contribution in [2.75, 3.05) is 0 Å². The van der Waals surface area contributed by atoms with Crippen LogP contribution in [-0.2, 0) is 25.8 Å². The van der Waals surface area contributed by atoms with Crippen LogP contribution in [0.3, 0.4) is 0 Å². The molecular weight excluding hydrogens is 403 g/mol. The summed E-state index contributed by atoms with van der Waals surface area (Å²) < 4.78 is 0. The van der Waals surface area contributed by atoms with Crippen LogP contribution in [-0.4, -0.2) is 11.0 Å². The van der Waals surface area contributed by atoms with Crippen molar-refractivity contribution in [2.24, 2.45) is 0 Å². The zero-order valence-electron chi connectivity index (χ0n) is 13.3. The van der Waals surface area contributed by atoms with Crippen LogP contribution >= 0.6 is 0 Å². The topological polar surface area (TPSA) is 60.0 Å². The van der Waals surface area contributed by atoms with Gasteiger partial charge in [-0.25, -0.2) is 0 Å². The summed E-state index contributed by atoms with van der Waals surface area (Å²) in [5, 5.41) is 0. The Balaban J connectivity index is -0.0000000594. The second-order valence-electron chi connectivity index (χ2n) is 4.54. The van der Waals surface area contributed by atoms with Crippen molar-refractivity contribution in [1.29, 1.82) is 0 Å². The summed E-state index contributed by atoms with van der Waals surface area (Å²) in [6.45, 7) is 12.0. The molecule has 0 aromatic carbocycles. The zero-order valence-corrected chi connectivity index (χ0v) is 16.9. The van der Waals surface area contributed by atoms with Crippen LogP contribution in [0.5, 0.6) is 0 Å². The molecule has 0 aromatic rings. The molecular formula is C16H36HfO2. The van der Waals surface area contributed by atoms with E-state index in [1.54, 1.807) is 0 Å². The van der Waals surface area contributed by atoms with Crippen molar-refractivity contribution in [3.05, 3.63) is 13.8 Å². The molecule has 0 spiro atoms. The molecule has 0 atom stereocenters. The van der Waals surface area contributed by atoms with E-state index in [1.165, 1.54) is 64.2 Å². The van der Waals surface area contributed by atoms with Gasteiger partial charge in [0.05, 0.1) is 0 Å². The normalized spacial score (nSPS) is 8.21. The van der Waals surface area contributed by atoms with Crippen LogP contribution in [0.4, 0.5) is 0 Å². The van der Waals surface area contributed by atoms with E-state index in [4.69, 9.17) is 0 Å². The summed E-state index contributed by atoms with van der Waals surface area (Å²) >= 11 is 0. The minimum absolute atomic E-state index is 0. The van der Waals surface area contributed by atoms with E-state index in [-0.39, 0.29) is 36.8 Å². The molecule has 19 heavy (non-hydrogen) atoms. The Bertz CT molecular complexity index is 76.7. The predicted octanol–water partition coefficient (Wildman–Crippen LogP) is 6.01. The molecule has 3 heteroatoms. The summed E-state index contributed by atoms with van der Waals surface area (Å²) in [4.78, 5) is 0. The van der Waals surface area contributed by atoms with Gasteiger partial charge >= 0.3 is 25.8 Å². The van der Waals surface area contributed by atoms with Gasteiger partial charge in [-0.1, -0.05) is 78.1 Å². The molecule has 2 nitrogen and oxygen atoms in total. The van der Waals surface area contributed by atoms with Crippen molar-refractivity contribution < 1.29 is 36.8 Å². The van der Waals surface area contributed by atoms with Gasteiger partial charge in [-0.15, -0.1) is 0 Å².